The smallest absolute Gasteiger partial charge is 0.790 e. The minimum Gasteiger partial charge on any atom is -0.790 e. The van der Waals surface area contributed by atoms with Gasteiger partial charge >= 0.3 is 17.1 Å². The van der Waals surface area contributed by atoms with Gasteiger partial charge in [0.15, 0.2) is 6.29 Å². The third kappa shape index (κ3) is 7.96. The van der Waals surface area contributed by atoms with Crippen molar-refractivity contribution in [1.29, 1.82) is 0 Å². The molecule has 0 saturated carbocycles. The summed E-state index contributed by atoms with van der Waals surface area (Å²) in [7, 11) is -5.30. The summed E-state index contributed by atoms with van der Waals surface area (Å²) < 4.78 is 13.6. The van der Waals surface area contributed by atoms with Crippen molar-refractivity contribution in [1.82, 2.24) is 0 Å². The van der Waals surface area contributed by atoms with Crippen molar-refractivity contribution in [3.05, 3.63) is 0 Å². The van der Waals surface area contributed by atoms with Crippen molar-refractivity contribution in [2.75, 3.05) is 6.61 Å². The van der Waals surface area contributed by atoms with Crippen LogP contribution in [0.15, 0.2) is 0 Å². The molecule has 0 aromatic rings. The molecule has 0 aliphatic rings. The van der Waals surface area contributed by atoms with Gasteiger partial charge in [0, 0.05) is 0 Å². The number of phosphoric acid groups is 1. The molecule has 9 nitrogen and oxygen atoms in total. The number of aliphatic hydroxyl groups excluding tert-OH is 4. The van der Waals surface area contributed by atoms with E-state index in [9.17, 15) is 19.1 Å². The van der Waals surface area contributed by atoms with E-state index in [1.807, 2.05) is 0 Å². The molecule has 102 valence electrons. The minimum absolute atomic E-state index is 0. The molecule has 0 bridgehead atoms. The first-order chi connectivity index (χ1) is 7.19. The maximum Gasteiger partial charge on any atom is 2.00 e. The van der Waals surface area contributed by atoms with Crippen LogP contribution in [-0.2, 0) is 31.0 Å². The molecule has 4 N–H and O–H groups in total. The number of hydrogen-bond donors (Lipinski definition) is 4. The SMILES string of the molecule is O=C[C@H](O)[C@@H](O)[C@H](O)[C@H](O)COP(=O)([O-])[O-].[Fe+2]. The molecule has 0 radical (unpaired) electrons. The zero-order valence-corrected chi connectivity index (χ0v) is 10.2. The molecular formula is C6H11FeO9P. The summed E-state index contributed by atoms with van der Waals surface area (Å²) in [5.74, 6) is 0. The Morgan fingerprint density at radius 3 is 2.00 bits per heavy atom. The van der Waals surface area contributed by atoms with Crippen LogP contribution in [-0.4, -0.2) is 57.7 Å². The molecule has 0 aromatic carbocycles. The molecule has 0 amide bonds. The summed E-state index contributed by atoms with van der Waals surface area (Å²) in [5.41, 5.74) is 0. The van der Waals surface area contributed by atoms with Crippen LogP contribution in [0.4, 0.5) is 0 Å². The van der Waals surface area contributed by atoms with Crippen LogP contribution in [0.1, 0.15) is 0 Å². The molecule has 0 spiro atoms. The number of aliphatic hydroxyl groups is 4. The maximum absolute atomic E-state index is 10.0. The third-order valence-corrected chi connectivity index (χ3v) is 2.10. The Morgan fingerprint density at radius 1 is 1.18 bits per heavy atom. The maximum atomic E-state index is 10.0. The standard InChI is InChI=1S/C6H13O9P.Fe/c7-1-3(8)5(10)6(11)4(9)2-15-16(12,13)14;/h1,3-6,8-11H,2H2,(H2,12,13,14);/q;+2/p-2/t3-,4+,5+,6+;/m0./s1. The quantitative estimate of drug-likeness (QED) is 0.205. The van der Waals surface area contributed by atoms with E-state index in [2.05, 4.69) is 4.52 Å². The molecular weight excluding hydrogens is 303 g/mol. The van der Waals surface area contributed by atoms with Gasteiger partial charge in [0.25, 0.3) is 0 Å². The first-order valence-electron chi connectivity index (χ1n) is 4.03. The van der Waals surface area contributed by atoms with Crippen molar-refractivity contribution < 1.29 is 61.2 Å². The first-order valence-corrected chi connectivity index (χ1v) is 5.49. The summed E-state index contributed by atoms with van der Waals surface area (Å²) in [4.78, 5) is 30.0. The Hall–Kier alpha value is 0.139. The summed E-state index contributed by atoms with van der Waals surface area (Å²) in [5, 5.41) is 35.9. The first kappa shape index (κ1) is 19.5. The predicted octanol–water partition coefficient (Wildman–Crippen LogP) is -4.53. The van der Waals surface area contributed by atoms with Gasteiger partial charge < -0.3 is 44.1 Å². The van der Waals surface area contributed by atoms with E-state index in [-0.39, 0.29) is 23.4 Å². The molecule has 0 fully saturated rings. The second-order valence-electron chi connectivity index (χ2n) is 2.92. The number of rotatable bonds is 7. The summed E-state index contributed by atoms with van der Waals surface area (Å²) in [6.45, 7) is -1.09. The van der Waals surface area contributed by atoms with E-state index in [0.29, 0.717) is 0 Å². The summed E-state index contributed by atoms with van der Waals surface area (Å²) in [6, 6.07) is 0. The van der Waals surface area contributed by atoms with Crippen molar-refractivity contribution in [3.8, 4) is 0 Å². The Kier molecular flexibility index (Phi) is 9.48. The number of hydrogen-bond acceptors (Lipinski definition) is 9. The van der Waals surface area contributed by atoms with Crippen molar-refractivity contribution in [2.45, 2.75) is 24.4 Å². The number of carbonyl (C=O) groups is 1. The molecule has 0 saturated heterocycles. The van der Waals surface area contributed by atoms with Crippen LogP contribution in [0.2, 0.25) is 0 Å². The fraction of sp³-hybridized carbons (Fsp3) is 0.833. The van der Waals surface area contributed by atoms with Gasteiger partial charge in [-0.3, -0.25) is 0 Å². The van der Waals surface area contributed by atoms with E-state index in [1.54, 1.807) is 0 Å². The normalized spacial score (nSPS) is 18.7. The van der Waals surface area contributed by atoms with Gasteiger partial charge in [0.1, 0.15) is 24.4 Å². The minimum atomic E-state index is -5.30. The van der Waals surface area contributed by atoms with E-state index in [0.717, 1.165) is 0 Å². The van der Waals surface area contributed by atoms with Gasteiger partial charge in [-0.05, 0) is 0 Å². The monoisotopic (exact) mass is 314 g/mol. The largest absolute Gasteiger partial charge is 2.00 e. The van der Waals surface area contributed by atoms with E-state index < -0.39 is 38.8 Å². The molecule has 17 heavy (non-hydrogen) atoms. The van der Waals surface area contributed by atoms with Crippen LogP contribution in [0.25, 0.3) is 0 Å². The number of phosphoric ester groups is 1. The Labute approximate surface area is 107 Å². The zero-order chi connectivity index (χ0) is 12.9. The van der Waals surface area contributed by atoms with Gasteiger partial charge in [0.2, 0.25) is 0 Å². The van der Waals surface area contributed by atoms with Gasteiger partial charge in [-0.15, -0.1) is 0 Å². The Balaban J connectivity index is 0. The second kappa shape index (κ2) is 8.28. The van der Waals surface area contributed by atoms with E-state index in [1.165, 1.54) is 0 Å². The number of aldehydes is 1. The molecule has 0 rings (SSSR count). The van der Waals surface area contributed by atoms with Crippen LogP contribution in [0, 0.1) is 0 Å². The fourth-order valence-electron chi connectivity index (χ4n) is 0.776. The summed E-state index contributed by atoms with van der Waals surface area (Å²) >= 11 is 0. The topological polar surface area (TPSA) is 170 Å². The fourth-order valence-corrected chi connectivity index (χ4v) is 1.11. The molecule has 0 heterocycles. The molecule has 4 atom stereocenters. The third-order valence-electron chi connectivity index (χ3n) is 1.64. The van der Waals surface area contributed by atoms with Crippen LogP contribution >= 0.6 is 7.82 Å². The predicted molar refractivity (Wildman–Crippen MR) is 43.6 cm³/mol. The molecule has 0 aromatic heterocycles. The van der Waals surface area contributed by atoms with Crippen molar-refractivity contribution >= 4 is 14.1 Å². The molecule has 0 aliphatic heterocycles. The van der Waals surface area contributed by atoms with Gasteiger partial charge in [-0.2, -0.15) is 0 Å². The average Bonchev–Trinajstić information content (AvgIpc) is 2.21. The van der Waals surface area contributed by atoms with Crippen LogP contribution in [0.3, 0.4) is 0 Å². The van der Waals surface area contributed by atoms with Crippen molar-refractivity contribution in [3.63, 3.8) is 0 Å². The van der Waals surface area contributed by atoms with E-state index >= 15 is 0 Å². The van der Waals surface area contributed by atoms with Gasteiger partial charge in [0.05, 0.1) is 14.4 Å². The van der Waals surface area contributed by atoms with Gasteiger partial charge in [-0.25, -0.2) is 0 Å². The zero-order valence-electron chi connectivity index (χ0n) is 8.22. The Morgan fingerprint density at radius 2 is 1.65 bits per heavy atom. The average molecular weight is 314 g/mol. The van der Waals surface area contributed by atoms with E-state index in [4.69, 9.17) is 20.4 Å². The molecule has 0 aliphatic carbocycles. The van der Waals surface area contributed by atoms with Crippen LogP contribution < -0.4 is 9.79 Å². The Bertz CT molecular complexity index is 268. The molecule has 0 unspecified atom stereocenters. The second-order valence-corrected chi connectivity index (χ2v) is 4.07. The van der Waals surface area contributed by atoms with Crippen molar-refractivity contribution in [2.24, 2.45) is 0 Å². The molecule has 11 heteroatoms. The van der Waals surface area contributed by atoms with Crippen LogP contribution in [0.5, 0.6) is 0 Å². The number of carbonyl (C=O) groups excluding carboxylic acids is 1. The summed E-state index contributed by atoms with van der Waals surface area (Å²) in [6.07, 6.45) is -8.04. The van der Waals surface area contributed by atoms with Gasteiger partial charge in [-0.1, -0.05) is 0 Å².